The predicted molar refractivity (Wildman–Crippen MR) is 66.9 cm³/mol. The lowest BCUT2D eigenvalue weighted by molar-refractivity contribution is -0.0147. The minimum Gasteiger partial charge on any atom is -0.444 e. The highest BCUT2D eigenvalue weighted by Gasteiger charge is 2.38. The molecule has 1 unspecified atom stereocenters. The highest BCUT2D eigenvalue weighted by Crippen LogP contribution is 2.30. The van der Waals surface area contributed by atoms with Crippen molar-refractivity contribution in [2.24, 2.45) is 5.92 Å². The fraction of sp³-hybridized carbons (Fsp3) is 0.923. The molecule has 1 amide bonds. The second kappa shape index (κ2) is 4.48. The summed E-state index contributed by atoms with van der Waals surface area (Å²) >= 11 is 0. The molecule has 0 aromatic heterocycles. The van der Waals surface area contributed by atoms with Crippen LogP contribution in [0.4, 0.5) is 4.79 Å². The van der Waals surface area contributed by atoms with Gasteiger partial charge in [-0.2, -0.15) is 0 Å². The van der Waals surface area contributed by atoms with Crippen molar-refractivity contribution in [3.63, 3.8) is 0 Å². The molecule has 4 nitrogen and oxygen atoms in total. The topological polar surface area (TPSA) is 32.8 Å². The Balaban J connectivity index is 1.95. The molecule has 98 valence electrons. The van der Waals surface area contributed by atoms with Crippen LogP contribution >= 0.6 is 0 Å². The number of amides is 1. The summed E-state index contributed by atoms with van der Waals surface area (Å²) < 4.78 is 5.43. The van der Waals surface area contributed by atoms with Crippen molar-refractivity contribution in [3.8, 4) is 0 Å². The normalized spacial score (nSPS) is 32.4. The molecule has 3 rings (SSSR count). The highest BCUT2D eigenvalue weighted by atomic mass is 16.6. The van der Waals surface area contributed by atoms with E-state index in [4.69, 9.17) is 4.74 Å². The minimum atomic E-state index is -0.403. The number of nitrogens with zero attached hydrogens (tertiary/aromatic N) is 2. The number of likely N-dealkylation sites (N-methyl/N-ethyl adjacent to an activating group) is 1. The molecule has 2 bridgehead atoms. The average Bonchev–Trinajstić information content (AvgIpc) is 2.27. The van der Waals surface area contributed by atoms with E-state index in [9.17, 15) is 4.79 Å². The third-order valence-electron chi connectivity index (χ3n) is 3.80. The first kappa shape index (κ1) is 12.7. The molecular formula is C13H24N2O2. The molecule has 3 aliphatic rings. The van der Waals surface area contributed by atoms with Crippen molar-refractivity contribution < 1.29 is 9.53 Å². The van der Waals surface area contributed by atoms with Gasteiger partial charge in [0.2, 0.25) is 0 Å². The van der Waals surface area contributed by atoms with Crippen molar-refractivity contribution in [1.29, 1.82) is 0 Å². The first-order chi connectivity index (χ1) is 7.87. The zero-order valence-electron chi connectivity index (χ0n) is 11.4. The van der Waals surface area contributed by atoms with E-state index in [1.165, 1.54) is 25.9 Å². The largest absolute Gasteiger partial charge is 0.444 e. The van der Waals surface area contributed by atoms with Gasteiger partial charge >= 0.3 is 6.09 Å². The molecule has 3 aliphatic heterocycles. The molecule has 0 aromatic rings. The SMILES string of the molecule is CN(C(=O)OC(C)(C)C)C1CN2CCC1CC2. The summed E-state index contributed by atoms with van der Waals surface area (Å²) in [6.45, 7) is 9.15. The minimum absolute atomic E-state index is 0.184. The third kappa shape index (κ3) is 2.92. The number of rotatable bonds is 1. The lowest BCUT2D eigenvalue weighted by Crippen LogP contribution is -2.58. The van der Waals surface area contributed by atoms with Crippen LogP contribution in [0.5, 0.6) is 0 Å². The van der Waals surface area contributed by atoms with E-state index in [2.05, 4.69) is 4.90 Å². The van der Waals surface area contributed by atoms with Crippen LogP contribution in [-0.4, -0.2) is 54.2 Å². The lowest BCUT2D eigenvalue weighted by atomic mass is 9.83. The Kier molecular flexibility index (Phi) is 3.34. The maximum absolute atomic E-state index is 12.0. The van der Waals surface area contributed by atoms with Gasteiger partial charge in [-0.15, -0.1) is 0 Å². The fourth-order valence-corrected chi connectivity index (χ4v) is 2.84. The Hall–Kier alpha value is -0.770. The van der Waals surface area contributed by atoms with E-state index in [1.807, 2.05) is 27.8 Å². The molecule has 17 heavy (non-hydrogen) atoms. The van der Waals surface area contributed by atoms with Crippen molar-refractivity contribution in [1.82, 2.24) is 9.80 Å². The fourth-order valence-electron chi connectivity index (χ4n) is 2.84. The number of hydrogen-bond acceptors (Lipinski definition) is 3. The van der Waals surface area contributed by atoms with Crippen LogP contribution in [0.2, 0.25) is 0 Å². The average molecular weight is 240 g/mol. The standard InChI is InChI=1S/C13H24N2O2/c1-13(2,3)17-12(16)14(4)11-9-15-7-5-10(11)6-8-15/h10-11H,5-9H2,1-4H3. The van der Waals surface area contributed by atoms with E-state index < -0.39 is 5.60 Å². The predicted octanol–water partition coefficient (Wildman–Crippen LogP) is 1.95. The number of piperidine rings is 3. The van der Waals surface area contributed by atoms with Crippen molar-refractivity contribution in [2.45, 2.75) is 45.3 Å². The first-order valence-corrected chi connectivity index (χ1v) is 6.55. The molecule has 0 aromatic carbocycles. The molecular weight excluding hydrogens is 216 g/mol. The summed E-state index contributed by atoms with van der Waals surface area (Å²) in [4.78, 5) is 16.3. The molecule has 3 fully saturated rings. The molecule has 3 saturated heterocycles. The van der Waals surface area contributed by atoms with Crippen molar-refractivity contribution in [3.05, 3.63) is 0 Å². The molecule has 1 atom stereocenters. The van der Waals surface area contributed by atoms with Gasteiger partial charge in [0.05, 0.1) is 6.04 Å². The van der Waals surface area contributed by atoms with Crippen LogP contribution in [0.15, 0.2) is 0 Å². The number of carbonyl (C=O) groups excluding carboxylic acids is 1. The van der Waals surface area contributed by atoms with E-state index in [0.29, 0.717) is 12.0 Å². The van der Waals surface area contributed by atoms with Gasteiger partial charge in [0.15, 0.2) is 0 Å². The number of fused-ring (bicyclic) bond motifs is 3. The molecule has 0 N–H and O–H groups in total. The third-order valence-corrected chi connectivity index (χ3v) is 3.80. The molecule has 3 heterocycles. The van der Waals surface area contributed by atoms with Gasteiger partial charge in [0.25, 0.3) is 0 Å². The van der Waals surface area contributed by atoms with Crippen LogP contribution in [0.1, 0.15) is 33.6 Å². The smallest absolute Gasteiger partial charge is 0.410 e. The van der Waals surface area contributed by atoms with Crippen LogP contribution < -0.4 is 0 Å². The Morgan fingerprint density at radius 3 is 2.29 bits per heavy atom. The maximum Gasteiger partial charge on any atom is 0.410 e. The van der Waals surface area contributed by atoms with Gasteiger partial charge in [-0.05, 0) is 52.6 Å². The maximum atomic E-state index is 12.0. The summed E-state index contributed by atoms with van der Waals surface area (Å²) in [5, 5.41) is 0. The Bertz CT molecular complexity index is 290. The molecule has 0 radical (unpaired) electrons. The van der Waals surface area contributed by atoms with Crippen molar-refractivity contribution >= 4 is 6.09 Å². The quantitative estimate of drug-likeness (QED) is 0.702. The number of ether oxygens (including phenoxy) is 1. The van der Waals surface area contributed by atoms with Gasteiger partial charge < -0.3 is 14.5 Å². The molecule has 0 aliphatic carbocycles. The first-order valence-electron chi connectivity index (χ1n) is 6.55. The van der Waals surface area contributed by atoms with E-state index in [-0.39, 0.29) is 6.09 Å². The van der Waals surface area contributed by atoms with Crippen molar-refractivity contribution in [2.75, 3.05) is 26.7 Å². The second-order valence-corrected chi connectivity index (χ2v) is 6.30. The van der Waals surface area contributed by atoms with Gasteiger partial charge in [0, 0.05) is 13.6 Å². The highest BCUT2D eigenvalue weighted by molar-refractivity contribution is 5.68. The van der Waals surface area contributed by atoms with Crippen LogP contribution in [0, 0.1) is 5.92 Å². The zero-order valence-corrected chi connectivity index (χ0v) is 11.4. The van der Waals surface area contributed by atoms with Crippen LogP contribution in [0.3, 0.4) is 0 Å². The van der Waals surface area contributed by atoms with Crippen LogP contribution in [-0.2, 0) is 4.74 Å². The van der Waals surface area contributed by atoms with E-state index in [0.717, 1.165) is 6.54 Å². The van der Waals surface area contributed by atoms with Gasteiger partial charge in [0.1, 0.15) is 5.60 Å². The molecule has 4 heteroatoms. The summed E-state index contributed by atoms with van der Waals surface area (Å²) in [6.07, 6.45) is 2.26. The Morgan fingerprint density at radius 1 is 1.29 bits per heavy atom. The lowest BCUT2D eigenvalue weighted by Gasteiger charge is -2.47. The summed E-state index contributed by atoms with van der Waals surface area (Å²) in [5.74, 6) is 0.664. The van der Waals surface area contributed by atoms with Gasteiger partial charge in [-0.3, -0.25) is 0 Å². The van der Waals surface area contributed by atoms with Crippen LogP contribution in [0.25, 0.3) is 0 Å². The second-order valence-electron chi connectivity index (χ2n) is 6.30. The number of hydrogen-bond donors (Lipinski definition) is 0. The monoisotopic (exact) mass is 240 g/mol. The summed E-state index contributed by atoms with van der Waals surface area (Å²) in [7, 11) is 1.88. The molecule has 0 spiro atoms. The summed E-state index contributed by atoms with van der Waals surface area (Å²) in [5.41, 5.74) is -0.403. The van der Waals surface area contributed by atoms with Gasteiger partial charge in [-0.25, -0.2) is 4.79 Å². The Morgan fingerprint density at radius 2 is 1.88 bits per heavy atom. The van der Waals surface area contributed by atoms with E-state index in [1.54, 1.807) is 4.90 Å². The number of carbonyl (C=O) groups is 1. The van der Waals surface area contributed by atoms with E-state index >= 15 is 0 Å². The zero-order chi connectivity index (χ0) is 12.6. The van der Waals surface area contributed by atoms with Gasteiger partial charge in [-0.1, -0.05) is 0 Å². The summed E-state index contributed by atoms with van der Waals surface area (Å²) in [6, 6.07) is 0.340. The Labute approximate surface area is 104 Å². The molecule has 0 saturated carbocycles.